The first-order valence-corrected chi connectivity index (χ1v) is 6.41. The number of carbonyl (C=O) groups excluding carboxylic acids is 1. The van der Waals surface area contributed by atoms with Crippen LogP contribution in [-0.4, -0.2) is 43.5 Å². The predicted molar refractivity (Wildman–Crippen MR) is 65.6 cm³/mol. The molecule has 1 rings (SSSR count). The molecule has 0 amide bonds. The Morgan fingerprint density at radius 1 is 1.44 bits per heavy atom. The second kappa shape index (κ2) is 7.02. The van der Waals surface area contributed by atoms with Crippen molar-refractivity contribution in [1.82, 2.24) is 4.90 Å². The summed E-state index contributed by atoms with van der Waals surface area (Å²) < 4.78 is 5.11. The van der Waals surface area contributed by atoms with Crippen molar-refractivity contribution in [3.8, 4) is 0 Å². The molecule has 0 bridgehead atoms. The zero-order valence-electron chi connectivity index (χ0n) is 10.9. The summed E-state index contributed by atoms with van der Waals surface area (Å²) in [6.07, 6.45) is 4.18. The standard InChI is InChI=1S/C13H25NO2/c1-11(2)14(8-9-16-3)10-12-6-4-5-7-13(12)15/h11-12H,4-10H2,1-3H3. The number of ether oxygens (including phenoxy) is 1. The molecule has 1 atom stereocenters. The first-order chi connectivity index (χ1) is 7.65. The van der Waals surface area contributed by atoms with Crippen LogP contribution in [0.15, 0.2) is 0 Å². The van der Waals surface area contributed by atoms with Gasteiger partial charge in [0.25, 0.3) is 0 Å². The molecule has 0 N–H and O–H groups in total. The van der Waals surface area contributed by atoms with Gasteiger partial charge in [-0.3, -0.25) is 9.69 Å². The predicted octanol–water partition coefficient (Wildman–Crippen LogP) is 2.10. The van der Waals surface area contributed by atoms with Gasteiger partial charge in [0.2, 0.25) is 0 Å². The molecule has 3 heteroatoms. The third-order valence-electron chi connectivity index (χ3n) is 3.45. The van der Waals surface area contributed by atoms with E-state index in [0.29, 0.717) is 11.8 Å². The van der Waals surface area contributed by atoms with Gasteiger partial charge < -0.3 is 4.74 Å². The van der Waals surface area contributed by atoms with E-state index in [0.717, 1.165) is 39.0 Å². The Balaban J connectivity index is 2.42. The van der Waals surface area contributed by atoms with E-state index in [9.17, 15) is 4.79 Å². The third kappa shape index (κ3) is 4.22. The van der Waals surface area contributed by atoms with Crippen molar-refractivity contribution in [2.45, 2.75) is 45.6 Å². The number of Topliss-reactive ketones (excluding diaryl/α,β-unsaturated/α-hetero) is 1. The lowest BCUT2D eigenvalue weighted by molar-refractivity contribution is -0.125. The molecule has 0 aromatic rings. The number of rotatable bonds is 6. The summed E-state index contributed by atoms with van der Waals surface area (Å²) in [7, 11) is 1.73. The van der Waals surface area contributed by atoms with Crippen LogP contribution in [0, 0.1) is 5.92 Å². The number of methoxy groups -OCH3 is 1. The Hall–Kier alpha value is -0.410. The van der Waals surface area contributed by atoms with Gasteiger partial charge >= 0.3 is 0 Å². The number of hydrogen-bond acceptors (Lipinski definition) is 3. The lowest BCUT2D eigenvalue weighted by Crippen LogP contribution is -2.40. The zero-order valence-corrected chi connectivity index (χ0v) is 10.9. The fourth-order valence-corrected chi connectivity index (χ4v) is 2.30. The SMILES string of the molecule is COCCN(CC1CCCCC1=O)C(C)C. The minimum absolute atomic E-state index is 0.271. The maximum absolute atomic E-state index is 11.8. The van der Waals surface area contributed by atoms with Gasteiger partial charge in [-0.2, -0.15) is 0 Å². The topological polar surface area (TPSA) is 29.5 Å². The molecule has 1 aliphatic carbocycles. The monoisotopic (exact) mass is 227 g/mol. The highest BCUT2D eigenvalue weighted by Gasteiger charge is 2.25. The Labute approximate surface area is 99.1 Å². The number of nitrogens with zero attached hydrogens (tertiary/aromatic N) is 1. The van der Waals surface area contributed by atoms with Crippen LogP contribution in [0.4, 0.5) is 0 Å². The minimum Gasteiger partial charge on any atom is -0.383 e. The molecule has 1 saturated carbocycles. The molecule has 0 spiro atoms. The minimum atomic E-state index is 0.271. The van der Waals surface area contributed by atoms with Gasteiger partial charge in [-0.05, 0) is 26.7 Å². The second-order valence-corrected chi connectivity index (χ2v) is 4.99. The van der Waals surface area contributed by atoms with Crippen LogP contribution in [-0.2, 0) is 9.53 Å². The smallest absolute Gasteiger partial charge is 0.137 e. The summed E-state index contributed by atoms with van der Waals surface area (Å²) in [4.78, 5) is 14.1. The lowest BCUT2D eigenvalue weighted by Gasteiger charge is -2.31. The molecule has 0 saturated heterocycles. The van der Waals surface area contributed by atoms with Crippen molar-refractivity contribution in [3.63, 3.8) is 0 Å². The molecule has 0 heterocycles. The summed E-state index contributed by atoms with van der Waals surface area (Å²) in [5.74, 6) is 0.738. The maximum atomic E-state index is 11.8. The van der Waals surface area contributed by atoms with Crippen molar-refractivity contribution in [2.24, 2.45) is 5.92 Å². The van der Waals surface area contributed by atoms with Crippen molar-refractivity contribution in [2.75, 3.05) is 26.8 Å². The normalized spacial score (nSPS) is 22.1. The van der Waals surface area contributed by atoms with Gasteiger partial charge in [-0.25, -0.2) is 0 Å². The Kier molecular flexibility index (Phi) is 5.99. The summed E-state index contributed by atoms with van der Waals surface area (Å²) in [6.45, 7) is 6.96. The van der Waals surface area contributed by atoms with E-state index in [4.69, 9.17) is 4.74 Å². The van der Waals surface area contributed by atoms with E-state index in [1.165, 1.54) is 6.42 Å². The highest BCUT2D eigenvalue weighted by molar-refractivity contribution is 5.81. The first-order valence-electron chi connectivity index (χ1n) is 6.41. The number of hydrogen-bond donors (Lipinski definition) is 0. The molecule has 1 unspecified atom stereocenters. The Morgan fingerprint density at radius 2 is 2.19 bits per heavy atom. The summed E-state index contributed by atoms with van der Waals surface area (Å²) in [5.41, 5.74) is 0. The lowest BCUT2D eigenvalue weighted by atomic mass is 9.87. The maximum Gasteiger partial charge on any atom is 0.137 e. The van der Waals surface area contributed by atoms with Crippen molar-refractivity contribution < 1.29 is 9.53 Å². The second-order valence-electron chi connectivity index (χ2n) is 4.99. The average molecular weight is 227 g/mol. The molecule has 1 fully saturated rings. The fourth-order valence-electron chi connectivity index (χ4n) is 2.30. The van der Waals surface area contributed by atoms with Crippen molar-refractivity contribution in [1.29, 1.82) is 0 Å². The van der Waals surface area contributed by atoms with Crippen LogP contribution in [0.5, 0.6) is 0 Å². The van der Waals surface area contributed by atoms with Crippen LogP contribution in [0.25, 0.3) is 0 Å². The fraction of sp³-hybridized carbons (Fsp3) is 0.923. The molecule has 0 aromatic heterocycles. The van der Waals surface area contributed by atoms with Gasteiger partial charge in [0.05, 0.1) is 6.61 Å². The van der Waals surface area contributed by atoms with Gasteiger partial charge in [-0.1, -0.05) is 6.42 Å². The van der Waals surface area contributed by atoms with Gasteiger partial charge in [0.1, 0.15) is 5.78 Å². The summed E-state index contributed by atoms with van der Waals surface area (Å²) in [5, 5.41) is 0. The van der Waals surface area contributed by atoms with Crippen LogP contribution in [0.2, 0.25) is 0 Å². The van der Waals surface area contributed by atoms with E-state index in [2.05, 4.69) is 18.7 Å². The average Bonchev–Trinajstić information content (AvgIpc) is 2.26. The largest absolute Gasteiger partial charge is 0.383 e. The molecule has 3 nitrogen and oxygen atoms in total. The third-order valence-corrected chi connectivity index (χ3v) is 3.45. The van der Waals surface area contributed by atoms with E-state index < -0.39 is 0 Å². The van der Waals surface area contributed by atoms with Gasteiger partial charge in [-0.15, -0.1) is 0 Å². The van der Waals surface area contributed by atoms with E-state index in [1.807, 2.05) is 0 Å². The van der Waals surface area contributed by atoms with E-state index >= 15 is 0 Å². The van der Waals surface area contributed by atoms with Crippen LogP contribution < -0.4 is 0 Å². The molecule has 0 aromatic carbocycles. The van der Waals surface area contributed by atoms with Crippen LogP contribution in [0.3, 0.4) is 0 Å². The highest BCUT2D eigenvalue weighted by Crippen LogP contribution is 2.22. The summed E-state index contributed by atoms with van der Waals surface area (Å²) in [6, 6.07) is 0.491. The molecule has 0 aliphatic heterocycles. The highest BCUT2D eigenvalue weighted by atomic mass is 16.5. The van der Waals surface area contributed by atoms with E-state index in [1.54, 1.807) is 7.11 Å². The Bertz CT molecular complexity index is 216. The molecule has 94 valence electrons. The van der Waals surface area contributed by atoms with Crippen LogP contribution >= 0.6 is 0 Å². The van der Waals surface area contributed by atoms with Gasteiger partial charge in [0, 0.05) is 38.6 Å². The summed E-state index contributed by atoms with van der Waals surface area (Å²) >= 11 is 0. The molecule has 0 radical (unpaired) electrons. The molecular formula is C13H25NO2. The van der Waals surface area contributed by atoms with Crippen LogP contribution in [0.1, 0.15) is 39.5 Å². The quantitative estimate of drug-likeness (QED) is 0.696. The Morgan fingerprint density at radius 3 is 2.75 bits per heavy atom. The molecular weight excluding hydrogens is 202 g/mol. The number of carbonyl (C=O) groups is 1. The molecule has 16 heavy (non-hydrogen) atoms. The first kappa shape index (κ1) is 13.7. The van der Waals surface area contributed by atoms with Crippen molar-refractivity contribution >= 4 is 5.78 Å². The van der Waals surface area contributed by atoms with E-state index in [-0.39, 0.29) is 5.92 Å². The zero-order chi connectivity index (χ0) is 12.0. The molecule has 1 aliphatic rings. The van der Waals surface area contributed by atoms with Gasteiger partial charge in [0.15, 0.2) is 0 Å². The number of ketones is 1. The van der Waals surface area contributed by atoms with Crippen molar-refractivity contribution in [3.05, 3.63) is 0 Å².